The highest BCUT2D eigenvalue weighted by Crippen LogP contribution is 2.15. The summed E-state index contributed by atoms with van der Waals surface area (Å²) < 4.78 is 0. The zero-order chi connectivity index (χ0) is 14.4. The number of rotatable bonds is 5. The largest absolute Gasteiger partial charge is 0.478 e. The Hall–Kier alpha value is -1.69. The highest BCUT2D eigenvalue weighted by atomic mass is 32.2. The predicted molar refractivity (Wildman–Crippen MR) is 78.2 cm³/mol. The van der Waals surface area contributed by atoms with Crippen LogP contribution in [-0.4, -0.2) is 47.6 Å². The summed E-state index contributed by atoms with van der Waals surface area (Å²) in [5.74, 6) is -0.137. The highest BCUT2D eigenvalue weighted by Gasteiger charge is 2.11. The predicted octanol–water partition coefficient (Wildman–Crippen LogP) is 2.52. The van der Waals surface area contributed by atoms with Gasteiger partial charge in [0.25, 0.3) is 0 Å². The summed E-state index contributed by atoms with van der Waals surface area (Å²) >= 11 is 1.66. The van der Waals surface area contributed by atoms with Crippen LogP contribution in [-0.2, 0) is 0 Å². The van der Waals surface area contributed by atoms with E-state index in [2.05, 4.69) is 5.32 Å². The number of nitrogens with one attached hydrogen (secondary N) is 1. The maximum Gasteiger partial charge on any atom is 0.336 e. The zero-order valence-corrected chi connectivity index (χ0v) is 12.1. The lowest BCUT2D eigenvalue weighted by Crippen LogP contribution is -2.33. The topological polar surface area (TPSA) is 69.6 Å². The normalized spacial score (nSPS) is 10.1. The number of thioether (sulfide) groups is 1. The van der Waals surface area contributed by atoms with Crippen molar-refractivity contribution >= 4 is 29.4 Å². The van der Waals surface area contributed by atoms with Crippen molar-refractivity contribution in [2.45, 2.75) is 6.92 Å². The molecule has 0 saturated heterocycles. The zero-order valence-electron chi connectivity index (χ0n) is 11.3. The van der Waals surface area contributed by atoms with Gasteiger partial charge in [-0.05, 0) is 30.9 Å². The van der Waals surface area contributed by atoms with Crippen molar-refractivity contribution in [1.82, 2.24) is 4.90 Å². The number of carbonyl (C=O) groups excluding carboxylic acids is 1. The molecule has 0 aliphatic carbocycles. The van der Waals surface area contributed by atoms with Gasteiger partial charge in [0, 0.05) is 25.0 Å². The molecule has 0 spiro atoms. The smallest absolute Gasteiger partial charge is 0.336 e. The Morgan fingerprint density at radius 3 is 2.68 bits per heavy atom. The number of urea groups is 1. The molecule has 2 amide bonds. The number of amides is 2. The number of carboxylic acid groups (broad SMARTS) is 1. The summed E-state index contributed by atoms with van der Waals surface area (Å²) in [7, 11) is 1.71. The average molecular weight is 282 g/mol. The van der Waals surface area contributed by atoms with E-state index in [1.54, 1.807) is 42.8 Å². The van der Waals surface area contributed by atoms with Crippen LogP contribution in [0.15, 0.2) is 18.2 Å². The lowest BCUT2D eigenvalue weighted by molar-refractivity contribution is 0.0696. The molecule has 0 saturated carbocycles. The van der Waals surface area contributed by atoms with Gasteiger partial charge in [-0.3, -0.25) is 0 Å². The molecule has 6 heteroatoms. The molecule has 0 unspecified atom stereocenters. The maximum atomic E-state index is 11.8. The molecule has 19 heavy (non-hydrogen) atoms. The number of hydrogen-bond donors (Lipinski definition) is 2. The van der Waals surface area contributed by atoms with Crippen LogP contribution in [0.3, 0.4) is 0 Å². The van der Waals surface area contributed by atoms with Crippen LogP contribution in [0.1, 0.15) is 15.9 Å². The highest BCUT2D eigenvalue weighted by molar-refractivity contribution is 7.98. The summed E-state index contributed by atoms with van der Waals surface area (Å²) in [5, 5.41) is 11.7. The number of carbonyl (C=O) groups is 2. The molecule has 104 valence electrons. The Morgan fingerprint density at radius 1 is 1.42 bits per heavy atom. The molecule has 1 aromatic rings. The molecule has 5 nitrogen and oxygen atoms in total. The van der Waals surface area contributed by atoms with Gasteiger partial charge in [-0.15, -0.1) is 0 Å². The molecule has 0 bridgehead atoms. The van der Waals surface area contributed by atoms with Gasteiger partial charge >= 0.3 is 12.0 Å². The van der Waals surface area contributed by atoms with Crippen molar-refractivity contribution in [2.75, 3.05) is 30.9 Å². The van der Waals surface area contributed by atoms with Crippen LogP contribution in [0.4, 0.5) is 10.5 Å². The van der Waals surface area contributed by atoms with Gasteiger partial charge in [0.2, 0.25) is 0 Å². The van der Waals surface area contributed by atoms with Crippen LogP contribution in [0.25, 0.3) is 0 Å². The second-order valence-electron chi connectivity index (χ2n) is 4.18. The first-order valence-electron chi connectivity index (χ1n) is 5.80. The Morgan fingerprint density at radius 2 is 2.11 bits per heavy atom. The van der Waals surface area contributed by atoms with E-state index in [1.165, 1.54) is 6.07 Å². The second-order valence-corrected chi connectivity index (χ2v) is 5.16. The van der Waals surface area contributed by atoms with Crippen molar-refractivity contribution in [1.29, 1.82) is 0 Å². The molecule has 0 atom stereocenters. The van der Waals surface area contributed by atoms with Gasteiger partial charge in [0.05, 0.1) is 5.56 Å². The van der Waals surface area contributed by atoms with E-state index in [0.29, 0.717) is 17.8 Å². The number of carboxylic acids is 1. The monoisotopic (exact) mass is 282 g/mol. The average Bonchev–Trinajstić information content (AvgIpc) is 2.37. The first kappa shape index (κ1) is 15.4. The van der Waals surface area contributed by atoms with Crippen molar-refractivity contribution in [3.63, 3.8) is 0 Å². The van der Waals surface area contributed by atoms with Gasteiger partial charge in [-0.2, -0.15) is 11.8 Å². The van der Waals surface area contributed by atoms with Gasteiger partial charge in [0.1, 0.15) is 0 Å². The second kappa shape index (κ2) is 7.04. The minimum Gasteiger partial charge on any atom is -0.478 e. The molecule has 0 aliphatic heterocycles. The molecule has 0 fully saturated rings. The summed E-state index contributed by atoms with van der Waals surface area (Å²) in [6, 6.07) is 4.61. The van der Waals surface area contributed by atoms with Gasteiger partial charge in [-0.1, -0.05) is 6.07 Å². The number of benzene rings is 1. The molecular formula is C13H18N2O3S. The molecule has 2 N–H and O–H groups in total. The number of aromatic carboxylic acids is 1. The molecule has 1 rings (SSSR count). The van der Waals surface area contributed by atoms with Crippen molar-refractivity contribution < 1.29 is 14.7 Å². The first-order chi connectivity index (χ1) is 8.95. The standard InChI is InChI=1S/C13H18N2O3S/c1-9-4-5-10(8-11(9)12(16)17)14-13(18)15(2)6-7-19-3/h4-5,8H,6-7H2,1-3H3,(H,14,18)(H,16,17). The molecule has 0 aromatic heterocycles. The minimum absolute atomic E-state index is 0.199. The van der Waals surface area contributed by atoms with E-state index in [9.17, 15) is 9.59 Å². The lowest BCUT2D eigenvalue weighted by Gasteiger charge is -2.17. The van der Waals surface area contributed by atoms with E-state index in [1.807, 2.05) is 6.26 Å². The van der Waals surface area contributed by atoms with Crippen LogP contribution in [0, 0.1) is 6.92 Å². The molecular weight excluding hydrogens is 264 g/mol. The third-order valence-corrected chi connectivity index (χ3v) is 3.29. The van der Waals surface area contributed by atoms with Crippen molar-refractivity contribution in [3.05, 3.63) is 29.3 Å². The van der Waals surface area contributed by atoms with Crippen LogP contribution in [0.5, 0.6) is 0 Å². The van der Waals surface area contributed by atoms with E-state index >= 15 is 0 Å². The Kier molecular flexibility index (Phi) is 5.69. The number of hydrogen-bond acceptors (Lipinski definition) is 3. The Labute approximate surface area is 117 Å². The Balaban J connectivity index is 2.74. The maximum absolute atomic E-state index is 11.8. The summed E-state index contributed by atoms with van der Waals surface area (Å²) in [5.41, 5.74) is 1.36. The fourth-order valence-electron chi connectivity index (χ4n) is 1.48. The van der Waals surface area contributed by atoms with E-state index in [4.69, 9.17) is 5.11 Å². The van der Waals surface area contributed by atoms with E-state index in [0.717, 1.165) is 5.75 Å². The SMILES string of the molecule is CSCCN(C)C(=O)Nc1ccc(C)c(C(=O)O)c1. The van der Waals surface area contributed by atoms with Crippen molar-refractivity contribution in [3.8, 4) is 0 Å². The first-order valence-corrected chi connectivity index (χ1v) is 7.20. The molecule has 0 heterocycles. The summed E-state index contributed by atoms with van der Waals surface area (Å²) in [6.45, 7) is 2.37. The number of nitrogens with zero attached hydrogens (tertiary/aromatic N) is 1. The van der Waals surface area contributed by atoms with Crippen molar-refractivity contribution in [2.24, 2.45) is 0 Å². The van der Waals surface area contributed by atoms with E-state index < -0.39 is 5.97 Å². The molecule has 1 aromatic carbocycles. The van der Waals surface area contributed by atoms with Crippen LogP contribution in [0.2, 0.25) is 0 Å². The van der Waals surface area contributed by atoms with Gasteiger partial charge in [-0.25, -0.2) is 9.59 Å². The fraction of sp³-hybridized carbons (Fsp3) is 0.385. The fourth-order valence-corrected chi connectivity index (χ4v) is 1.94. The third kappa shape index (κ3) is 4.48. The third-order valence-electron chi connectivity index (χ3n) is 2.70. The summed E-state index contributed by atoms with van der Waals surface area (Å²) in [4.78, 5) is 24.4. The quantitative estimate of drug-likeness (QED) is 0.870. The molecule has 0 radical (unpaired) electrons. The van der Waals surface area contributed by atoms with Crippen LogP contribution >= 0.6 is 11.8 Å². The molecule has 0 aliphatic rings. The van der Waals surface area contributed by atoms with E-state index in [-0.39, 0.29) is 11.6 Å². The van der Waals surface area contributed by atoms with Crippen LogP contribution < -0.4 is 5.32 Å². The minimum atomic E-state index is -0.996. The number of aryl methyl sites for hydroxylation is 1. The van der Waals surface area contributed by atoms with Gasteiger partial charge < -0.3 is 15.3 Å². The van der Waals surface area contributed by atoms with Gasteiger partial charge in [0.15, 0.2) is 0 Å². The lowest BCUT2D eigenvalue weighted by atomic mass is 10.1. The number of anilines is 1. The Bertz CT molecular complexity index is 477. The summed E-state index contributed by atoms with van der Waals surface area (Å²) in [6.07, 6.45) is 1.98.